The summed E-state index contributed by atoms with van der Waals surface area (Å²) < 4.78 is 5.22. The Balaban J connectivity index is 1.14. The highest BCUT2D eigenvalue weighted by Gasteiger charge is 2.42. The van der Waals surface area contributed by atoms with Crippen molar-refractivity contribution in [3.8, 4) is 0 Å². The number of carbonyl (C=O) groups is 1. The zero-order valence-electron chi connectivity index (χ0n) is 17.8. The number of aliphatic imine (C=N–C) groups is 1. The summed E-state index contributed by atoms with van der Waals surface area (Å²) in [5.74, 6) is 3.21. The summed E-state index contributed by atoms with van der Waals surface area (Å²) in [7, 11) is 1.85. The smallest absolute Gasteiger partial charge is 0.287 e. The van der Waals surface area contributed by atoms with Crippen molar-refractivity contribution in [2.45, 2.75) is 45.1 Å². The van der Waals surface area contributed by atoms with E-state index in [0.717, 1.165) is 68.5 Å². The maximum Gasteiger partial charge on any atom is 0.287 e. The molecule has 1 aromatic rings. The van der Waals surface area contributed by atoms with Crippen molar-refractivity contribution in [2.24, 2.45) is 16.8 Å². The molecule has 4 rings (SSSR count). The fourth-order valence-corrected chi connectivity index (χ4v) is 5.43. The highest BCUT2D eigenvalue weighted by Crippen LogP contribution is 2.46. The number of nitrogens with one attached hydrogen (secondary N) is 2. The monoisotopic (exact) mass is 401 g/mol. The molecule has 2 bridgehead atoms. The van der Waals surface area contributed by atoms with Crippen LogP contribution in [0, 0.1) is 18.8 Å². The van der Waals surface area contributed by atoms with Crippen LogP contribution in [0.5, 0.6) is 0 Å². The molecule has 1 saturated heterocycles. The molecule has 3 unspecified atom stereocenters. The summed E-state index contributed by atoms with van der Waals surface area (Å²) >= 11 is 0. The molecule has 2 saturated carbocycles. The minimum Gasteiger partial charge on any atom is -0.459 e. The van der Waals surface area contributed by atoms with Crippen molar-refractivity contribution in [1.29, 1.82) is 0 Å². The van der Waals surface area contributed by atoms with Gasteiger partial charge in [0.15, 0.2) is 11.7 Å². The van der Waals surface area contributed by atoms with Crippen LogP contribution >= 0.6 is 0 Å². The number of hydrogen-bond donors (Lipinski definition) is 2. The van der Waals surface area contributed by atoms with E-state index in [4.69, 9.17) is 4.42 Å². The lowest BCUT2D eigenvalue weighted by molar-refractivity contribution is 0.0924. The predicted molar refractivity (Wildman–Crippen MR) is 114 cm³/mol. The largest absolute Gasteiger partial charge is 0.459 e. The van der Waals surface area contributed by atoms with Gasteiger partial charge in [0.25, 0.3) is 5.91 Å². The maximum atomic E-state index is 12.1. The highest BCUT2D eigenvalue weighted by atomic mass is 16.3. The second-order valence-corrected chi connectivity index (χ2v) is 8.78. The molecule has 3 aliphatic rings. The van der Waals surface area contributed by atoms with Crippen LogP contribution in [-0.2, 0) is 0 Å². The fraction of sp³-hybridized carbons (Fsp3) is 0.727. The number of hydrogen-bond acceptors (Lipinski definition) is 4. The standard InChI is InChI=1S/C22H35N5O2/c1-16-6-13-29-20(16)21(28)24-7-3-8-25-22(23-2)27-11-9-26(10-12-27)19-15-17-4-5-18(19)14-17/h6,13,17-19H,3-5,7-12,14-15H2,1-2H3,(H,23,25)(H,24,28). The Bertz CT molecular complexity index is 723. The maximum absolute atomic E-state index is 12.1. The summed E-state index contributed by atoms with van der Waals surface area (Å²) in [5, 5.41) is 6.37. The number of nitrogens with zero attached hydrogens (tertiary/aromatic N) is 3. The second kappa shape index (κ2) is 9.20. The second-order valence-electron chi connectivity index (χ2n) is 8.78. The quantitative estimate of drug-likeness (QED) is 0.434. The van der Waals surface area contributed by atoms with E-state index < -0.39 is 0 Å². The molecule has 0 spiro atoms. The minimum atomic E-state index is -0.145. The molecule has 7 nitrogen and oxygen atoms in total. The van der Waals surface area contributed by atoms with Gasteiger partial charge in [0.05, 0.1) is 6.26 Å². The first-order chi connectivity index (χ1) is 14.2. The number of aryl methyl sites for hydroxylation is 1. The molecule has 2 aliphatic carbocycles. The number of amides is 1. The normalized spacial score (nSPS) is 27.4. The van der Waals surface area contributed by atoms with E-state index in [2.05, 4.69) is 25.4 Å². The van der Waals surface area contributed by atoms with E-state index in [1.165, 1.54) is 25.7 Å². The van der Waals surface area contributed by atoms with E-state index in [9.17, 15) is 4.79 Å². The average Bonchev–Trinajstić information content (AvgIpc) is 3.48. The summed E-state index contributed by atoms with van der Waals surface area (Å²) in [4.78, 5) is 21.6. The molecule has 7 heteroatoms. The van der Waals surface area contributed by atoms with Crippen LogP contribution in [0.1, 0.15) is 48.2 Å². The van der Waals surface area contributed by atoms with E-state index >= 15 is 0 Å². The predicted octanol–water partition coefficient (Wildman–Crippen LogP) is 2.09. The van der Waals surface area contributed by atoms with Gasteiger partial charge in [-0.25, -0.2) is 0 Å². The minimum absolute atomic E-state index is 0.145. The molecule has 0 aromatic carbocycles. The lowest BCUT2D eigenvalue weighted by atomic mass is 9.93. The van der Waals surface area contributed by atoms with E-state index in [0.29, 0.717) is 12.3 Å². The zero-order chi connectivity index (χ0) is 20.2. The number of piperazine rings is 1. The van der Waals surface area contributed by atoms with Crippen LogP contribution in [0.25, 0.3) is 0 Å². The van der Waals surface area contributed by atoms with Gasteiger partial charge in [-0.05, 0) is 50.5 Å². The molecule has 3 fully saturated rings. The van der Waals surface area contributed by atoms with Crippen LogP contribution < -0.4 is 10.6 Å². The van der Waals surface area contributed by atoms with Crippen molar-refractivity contribution in [1.82, 2.24) is 20.4 Å². The fourth-order valence-electron chi connectivity index (χ4n) is 5.43. The third-order valence-electron chi connectivity index (χ3n) is 6.99. The molecular weight excluding hydrogens is 366 g/mol. The Morgan fingerprint density at radius 2 is 1.97 bits per heavy atom. The van der Waals surface area contributed by atoms with Gasteiger partial charge in [0, 0.05) is 57.9 Å². The van der Waals surface area contributed by atoms with Crippen molar-refractivity contribution < 1.29 is 9.21 Å². The topological polar surface area (TPSA) is 73.1 Å². The SMILES string of the molecule is CN=C(NCCCNC(=O)c1occc1C)N1CCN(C2CC3CCC2C3)CC1. The van der Waals surface area contributed by atoms with E-state index in [1.54, 1.807) is 12.3 Å². The van der Waals surface area contributed by atoms with Crippen molar-refractivity contribution in [2.75, 3.05) is 46.3 Å². The third-order valence-corrected chi connectivity index (χ3v) is 6.99. The highest BCUT2D eigenvalue weighted by molar-refractivity contribution is 5.92. The molecule has 29 heavy (non-hydrogen) atoms. The summed E-state index contributed by atoms with van der Waals surface area (Å²) in [6, 6.07) is 2.64. The van der Waals surface area contributed by atoms with Crippen LogP contribution in [-0.4, -0.2) is 74.0 Å². The van der Waals surface area contributed by atoms with Gasteiger partial charge in [-0.3, -0.25) is 14.7 Å². The number of guanidine groups is 1. The molecule has 1 aromatic heterocycles. The Hall–Kier alpha value is -2.02. The van der Waals surface area contributed by atoms with Gasteiger partial charge in [-0.1, -0.05) is 6.42 Å². The van der Waals surface area contributed by atoms with Crippen LogP contribution in [0.4, 0.5) is 0 Å². The summed E-state index contributed by atoms with van der Waals surface area (Å²) in [5.41, 5.74) is 0.866. The third kappa shape index (κ3) is 4.60. The van der Waals surface area contributed by atoms with Gasteiger partial charge in [-0.2, -0.15) is 0 Å². The number of furan rings is 1. The first-order valence-electron chi connectivity index (χ1n) is 11.2. The van der Waals surface area contributed by atoms with Crippen molar-refractivity contribution in [3.05, 3.63) is 23.7 Å². The number of rotatable bonds is 6. The number of carbonyl (C=O) groups excluding carboxylic acids is 1. The van der Waals surface area contributed by atoms with Gasteiger partial charge < -0.3 is 20.0 Å². The Morgan fingerprint density at radius 1 is 1.17 bits per heavy atom. The van der Waals surface area contributed by atoms with Gasteiger partial charge >= 0.3 is 0 Å². The average molecular weight is 402 g/mol. The van der Waals surface area contributed by atoms with Crippen LogP contribution in [0.3, 0.4) is 0 Å². The van der Waals surface area contributed by atoms with Gasteiger partial charge in [0.1, 0.15) is 0 Å². The van der Waals surface area contributed by atoms with Gasteiger partial charge in [0.2, 0.25) is 0 Å². The molecule has 0 radical (unpaired) electrons. The summed E-state index contributed by atoms with van der Waals surface area (Å²) in [6.07, 6.45) is 8.22. The zero-order valence-corrected chi connectivity index (χ0v) is 17.8. The Kier molecular flexibility index (Phi) is 6.43. The molecule has 2 N–H and O–H groups in total. The van der Waals surface area contributed by atoms with E-state index in [1.807, 2.05) is 14.0 Å². The van der Waals surface area contributed by atoms with Crippen LogP contribution in [0.15, 0.2) is 21.7 Å². The van der Waals surface area contributed by atoms with Gasteiger partial charge in [-0.15, -0.1) is 0 Å². The Morgan fingerprint density at radius 3 is 2.59 bits per heavy atom. The molecule has 1 aliphatic heterocycles. The lowest BCUT2D eigenvalue weighted by Crippen LogP contribution is -2.55. The molecular formula is C22H35N5O2. The lowest BCUT2D eigenvalue weighted by Gasteiger charge is -2.42. The molecule has 1 amide bonds. The molecule has 160 valence electrons. The molecule has 2 heterocycles. The van der Waals surface area contributed by atoms with E-state index in [-0.39, 0.29) is 5.91 Å². The Labute approximate surface area is 173 Å². The first-order valence-corrected chi connectivity index (χ1v) is 11.2. The van der Waals surface area contributed by atoms with Crippen LogP contribution in [0.2, 0.25) is 0 Å². The van der Waals surface area contributed by atoms with Crippen molar-refractivity contribution in [3.63, 3.8) is 0 Å². The number of fused-ring (bicyclic) bond motifs is 2. The first kappa shape index (κ1) is 20.3. The van der Waals surface area contributed by atoms with Crippen molar-refractivity contribution >= 4 is 11.9 Å². The summed E-state index contributed by atoms with van der Waals surface area (Å²) in [6.45, 7) is 7.66. The molecule has 3 atom stereocenters.